The summed E-state index contributed by atoms with van der Waals surface area (Å²) in [5, 5.41) is 6.89. The molecule has 1 aliphatic rings. The Morgan fingerprint density at radius 3 is 2.40 bits per heavy atom. The lowest BCUT2D eigenvalue weighted by Crippen LogP contribution is -2.46. The number of hydrogen-bond donors (Lipinski definition) is 2. The molecule has 0 aliphatic heterocycles. The van der Waals surface area contributed by atoms with Gasteiger partial charge in [-0.3, -0.25) is 4.79 Å². The smallest absolute Gasteiger partial charge is 0.236 e. The maximum Gasteiger partial charge on any atom is 0.236 e. The van der Waals surface area contributed by atoms with Gasteiger partial charge in [0.05, 0.1) is 6.04 Å². The minimum absolute atomic E-state index is 0.0640. The molecule has 1 atom stereocenters. The van der Waals surface area contributed by atoms with Crippen LogP contribution in [-0.4, -0.2) is 36.5 Å². The molecule has 0 radical (unpaired) electrons. The first-order valence-corrected chi connectivity index (χ1v) is 6.96. The van der Waals surface area contributed by atoms with Crippen molar-refractivity contribution in [3.8, 4) is 0 Å². The summed E-state index contributed by atoms with van der Waals surface area (Å²) in [5.41, 5.74) is 0. The Hall–Kier alpha value is -0.220. The van der Waals surface area contributed by atoms with Crippen molar-refractivity contribution in [1.82, 2.24) is 10.6 Å². The Balaban J connectivity index is 2.26. The number of amides is 1. The molecule has 1 aliphatic carbocycles. The summed E-state index contributed by atoms with van der Waals surface area (Å²) < 4.78 is 0. The first-order chi connectivity index (χ1) is 7.17. The lowest BCUT2D eigenvalue weighted by molar-refractivity contribution is -0.122. The number of thioether (sulfide) groups is 1. The fourth-order valence-electron chi connectivity index (χ4n) is 2.11. The van der Waals surface area contributed by atoms with Crippen molar-refractivity contribution in [2.24, 2.45) is 0 Å². The van der Waals surface area contributed by atoms with Crippen molar-refractivity contribution in [1.29, 1.82) is 0 Å². The van der Waals surface area contributed by atoms with Gasteiger partial charge in [-0.05, 0) is 38.9 Å². The molecule has 0 saturated heterocycles. The van der Waals surface area contributed by atoms with E-state index in [0.29, 0.717) is 6.04 Å². The van der Waals surface area contributed by atoms with Crippen molar-refractivity contribution < 1.29 is 4.79 Å². The molecular weight excluding hydrogens is 208 g/mol. The Kier molecular flexibility index (Phi) is 5.47. The van der Waals surface area contributed by atoms with E-state index in [4.69, 9.17) is 0 Å². The number of hydrogen-bond acceptors (Lipinski definition) is 3. The highest BCUT2D eigenvalue weighted by Crippen LogP contribution is 2.26. The molecule has 88 valence electrons. The van der Waals surface area contributed by atoms with E-state index in [2.05, 4.69) is 16.9 Å². The molecule has 0 spiro atoms. The van der Waals surface area contributed by atoms with Crippen LogP contribution in [0.2, 0.25) is 0 Å². The van der Waals surface area contributed by atoms with Crippen LogP contribution in [0.1, 0.15) is 32.6 Å². The lowest BCUT2D eigenvalue weighted by Gasteiger charge is -2.29. The van der Waals surface area contributed by atoms with Crippen molar-refractivity contribution in [2.45, 2.75) is 49.9 Å². The molecule has 2 N–H and O–H groups in total. The van der Waals surface area contributed by atoms with Crippen LogP contribution in [0.15, 0.2) is 0 Å². The third kappa shape index (κ3) is 4.03. The van der Waals surface area contributed by atoms with E-state index >= 15 is 0 Å². The number of carbonyl (C=O) groups excluding carboxylic acids is 1. The van der Waals surface area contributed by atoms with Crippen molar-refractivity contribution in [3.05, 3.63) is 0 Å². The number of likely N-dealkylation sites (N-methyl/N-ethyl adjacent to an activating group) is 1. The molecule has 15 heavy (non-hydrogen) atoms. The first-order valence-electron chi connectivity index (χ1n) is 5.67. The van der Waals surface area contributed by atoms with E-state index in [-0.39, 0.29) is 11.9 Å². The maximum atomic E-state index is 11.3. The fourth-order valence-corrected chi connectivity index (χ4v) is 2.85. The SMILES string of the molecule is CNC(=O)C(C)NC1CCC(SC)CC1. The summed E-state index contributed by atoms with van der Waals surface area (Å²) in [6.45, 7) is 1.93. The van der Waals surface area contributed by atoms with E-state index < -0.39 is 0 Å². The van der Waals surface area contributed by atoms with Crippen LogP contribution >= 0.6 is 11.8 Å². The zero-order chi connectivity index (χ0) is 11.3. The topological polar surface area (TPSA) is 41.1 Å². The minimum Gasteiger partial charge on any atom is -0.358 e. The average molecular weight is 230 g/mol. The lowest BCUT2D eigenvalue weighted by atomic mass is 9.94. The highest BCUT2D eigenvalue weighted by Gasteiger charge is 2.22. The van der Waals surface area contributed by atoms with Gasteiger partial charge < -0.3 is 10.6 Å². The second-order valence-corrected chi connectivity index (χ2v) is 5.35. The third-order valence-corrected chi connectivity index (χ3v) is 4.27. The highest BCUT2D eigenvalue weighted by molar-refractivity contribution is 7.99. The molecule has 0 heterocycles. The van der Waals surface area contributed by atoms with Gasteiger partial charge in [0.15, 0.2) is 0 Å². The van der Waals surface area contributed by atoms with Gasteiger partial charge in [-0.2, -0.15) is 11.8 Å². The molecule has 0 aromatic carbocycles. The van der Waals surface area contributed by atoms with E-state index in [1.165, 1.54) is 25.7 Å². The van der Waals surface area contributed by atoms with Crippen LogP contribution in [-0.2, 0) is 4.79 Å². The summed E-state index contributed by atoms with van der Waals surface area (Å²) in [4.78, 5) is 11.3. The predicted octanol–water partition coefficient (Wildman–Crippen LogP) is 1.38. The van der Waals surface area contributed by atoms with Gasteiger partial charge in [-0.15, -0.1) is 0 Å². The van der Waals surface area contributed by atoms with Crippen LogP contribution in [0.5, 0.6) is 0 Å². The van der Waals surface area contributed by atoms with Crippen LogP contribution in [0.3, 0.4) is 0 Å². The molecule has 1 amide bonds. The van der Waals surface area contributed by atoms with Crippen molar-refractivity contribution in [3.63, 3.8) is 0 Å². The van der Waals surface area contributed by atoms with Gasteiger partial charge in [0.1, 0.15) is 0 Å². The van der Waals surface area contributed by atoms with Crippen LogP contribution in [0.4, 0.5) is 0 Å². The van der Waals surface area contributed by atoms with Gasteiger partial charge in [0, 0.05) is 18.3 Å². The zero-order valence-electron chi connectivity index (χ0n) is 9.88. The fraction of sp³-hybridized carbons (Fsp3) is 0.909. The molecule has 0 bridgehead atoms. The Bertz CT molecular complexity index is 203. The average Bonchev–Trinajstić information content (AvgIpc) is 2.29. The van der Waals surface area contributed by atoms with Gasteiger partial charge in [-0.1, -0.05) is 0 Å². The summed E-state index contributed by atoms with van der Waals surface area (Å²) in [6, 6.07) is 0.464. The molecule has 1 saturated carbocycles. The quantitative estimate of drug-likeness (QED) is 0.767. The predicted molar refractivity (Wildman–Crippen MR) is 66.2 cm³/mol. The van der Waals surface area contributed by atoms with Crippen molar-refractivity contribution in [2.75, 3.05) is 13.3 Å². The van der Waals surface area contributed by atoms with E-state index in [0.717, 1.165) is 5.25 Å². The Morgan fingerprint density at radius 2 is 1.93 bits per heavy atom. The van der Waals surface area contributed by atoms with Crippen LogP contribution in [0, 0.1) is 0 Å². The summed E-state index contributed by atoms with van der Waals surface area (Å²) in [6.07, 6.45) is 7.14. The monoisotopic (exact) mass is 230 g/mol. The van der Waals surface area contributed by atoms with Gasteiger partial charge in [-0.25, -0.2) is 0 Å². The molecular formula is C11H22N2OS. The normalized spacial score (nSPS) is 28.5. The maximum absolute atomic E-state index is 11.3. The Morgan fingerprint density at radius 1 is 1.33 bits per heavy atom. The molecule has 1 fully saturated rings. The largest absolute Gasteiger partial charge is 0.358 e. The molecule has 4 heteroatoms. The molecule has 1 rings (SSSR count). The summed E-state index contributed by atoms with van der Waals surface area (Å²) in [7, 11) is 1.69. The van der Waals surface area contributed by atoms with Gasteiger partial charge in [0.25, 0.3) is 0 Å². The standard InChI is InChI=1S/C11H22N2OS/c1-8(11(14)12-2)13-9-4-6-10(15-3)7-5-9/h8-10,13H,4-7H2,1-3H3,(H,12,14). The zero-order valence-corrected chi connectivity index (χ0v) is 10.7. The molecule has 0 aromatic rings. The third-order valence-electron chi connectivity index (χ3n) is 3.13. The minimum atomic E-state index is -0.0640. The second kappa shape index (κ2) is 6.38. The Labute approximate surface area is 96.8 Å². The summed E-state index contributed by atoms with van der Waals surface area (Å²) in [5.74, 6) is 0.0852. The second-order valence-electron chi connectivity index (χ2n) is 4.21. The van der Waals surface area contributed by atoms with Crippen molar-refractivity contribution >= 4 is 17.7 Å². The highest BCUT2D eigenvalue weighted by atomic mass is 32.2. The molecule has 0 aromatic heterocycles. The van der Waals surface area contributed by atoms with Crippen LogP contribution in [0.25, 0.3) is 0 Å². The van der Waals surface area contributed by atoms with E-state index in [1.54, 1.807) is 7.05 Å². The van der Waals surface area contributed by atoms with E-state index in [1.807, 2.05) is 18.7 Å². The van der Waals surface area contributed by atoms with Crippen LogP contribution < -0.4 is 10.6 Å². The van der Waals surface area contributed by atoms with Gasteiger partial charge >= 0.3 is 0 Å². The van der Waals surface area contributed by atoms with Gasteiger partial charge in [0.2, 0.25) is 5.91 Å². The number of rotatable bonds is 4. The number of carbonyl (C=O) groups is 1. The molecule has 3 nitrogen and oxygen atoms in total. The molecule has 1 unspecified atom stereocenters. The summed E-state index contributed by atoms with van der Waals surface area (Å²) >= 11 is 1.97. The van der Waals surface area contributed by atoms with E-state index in [9.17, 15) is 4.79 Å². The number of nitrogens with one attached hydrogen (secondary N) is 2. The first kappa shape index (κ1) is 12.8.